The van der Waals surface area contributed by atoms with Gasteiger partial charge in [-0.05, 0) is 12.8 Å². The molecule has 0 saturated heterocycles. The average molecular weight is 238 g/mol. The van der Waals surface area contributed by atoms with Crippen LogP contribution >= 0.6 is 12.2 Å². The van der Waals surface area contributed by atoms with Crippen LogP contribution in [0.1, 0.15) is 19.7 Å². The highest BCUT2D eigenvalue weighted by Gasteiger charge is 2.10. The van der Waals surface area contributed by atoms with Crippen molar-refractivity contribution in [1.29, 1.82) is 0 Å². The van der Waals surface area contributed by atoms with Crippen LogP contribution < -0.4 is 5.69 Å². The number of fused-ring (bicyclic) bond motifs is 1. The summed E-state index contributed by atoms with van der Waals surface area (Å²) < 4.78 is 2.04. The highest BCUT2D eigenvalue weighted by molar-refractivity contribution is 7.71. The summed E-state index contributed by atoms with van der Waals surface area (Å²) in [4.78, 5) is 21.8. The first-order valence-electron chi connectivity index (χ1n) is 5.18. The van der Waals surface area contributed by atoms with Crippen LogP contribution in [0.5, 0.6) is 0 Å². The van der Waals surface area contributed by atoms with Crippen molar-refractivity contribution in [2.24, 2.45) is 5.92 Å². The fourth-order valence-corrected chi connectivity index (χ4v) is 1.92. The predicted molar refractivity (Wildman–Crippen MR) is 65.1 cm³/mol. The Hall–Kier alpha value is -1.43. The van der Waals surface area contributed by atoms with Crippen LogP contribution in [0.3, 0.4) is 0 Å². The maximum absolute atomic E-state index is 11.8. The molecule has 86 valence electrons. The largest absolute Gasteiger partial charge is 0.338 e. The molecule has 2 heterocycles. The van der Waals surface area contributed by atoms with Gasteiger partial charge in [-0.1, -0.05) is 26.1 Å². The number of hydrogen-bond donors (Lipinski definition) is 2. The quantitative estimate of drug-likeness (QED) is 0.783. The summed E-state index contributed by atoms with van der Waals surface area (Å²) in [5.74, 6) is 1.14. The van der Waals surface area contributed by atoms with Crippen molar-refractivity contribution < 1.29 is 0 Å². The van der Waals surface area contributed by atoms with E-state index in [1.54, 1.807) is 4.57 Å². The maximum atomic E-state index is 11.8. The molecule has 6 heteroatoms. The van der Waals surface area contributed by atoms with Gasteiger partial charge in [0.15, 0.2) is 5.65 Å². The molecule has 0 bridgehead atoms. The SMILES string of the molecule is Cc1nc2c([nH]1)c(=S)[nH]c(=O)n2CC(C)C. The molecular weight excluding hydrogens is 224 g/mol. The zero-order valence-electron chi connectivity index (χ0n) is 9.50. The van der Waals surface area contributed by atoms with Gasteiger partial charge in [-0.3, -0.25) is 9.55 Å². The fraction of sp³-hybridized carbons (Fsp3) is 0.500. The number of nitrogens with one attached hydrogen (secondary N) is 2. The van der Waals surface area contributed by atoms with E-state index in [4.69, 9.17) is 12.2 Å². The molecule has 2 rings (SSSR count). The predicted octanol–water partition coefficient (Wildman–Crippen LogP) is 1.75. The summed E-state index contributed by atoms with van der Waals surface area (Å²) >= 11 is 5.09. The number of aromatic amines is 2. The Morgan fingerprint density at radius 1 is 1.44 bits per heavy atom. The Labute approximate surface area is 97.5 Å². The Morgan fingerprint density at radius 2 is 2.12 bits per heavy atom. The van der Waals surface area contributed by atoms with E-state index in [-0.39, 0.29) is 5.69 Å². The van der Waals surface area contributed by atoms with E-state index in [0.717, 1.165) is 11.3 Å². The van der Waals surface area contributed by atoms with E-state index < -0.39 is 0 Å². The minimum atomic E-state index is -0.197. The van der Waals surface area contributed by atoms with E-state index in [1.807, 2.05) is 6.92 Å². The number of aryl methyl sites for hydroxylation is 1. The van der Waals surface area contributed by atoms with Gasteiger partial charge in [0.25, 0.3) is 0 Å². The lowest BCUT2D eigenvalue weighted by Crippen LogP contribution is -2.25. The van der Waals surface area contributed by atoms with Gasteiger partial charge in [0.1, 0.15) is 16.0 Å². The van der Waals surface area contributed by atoms with Crippen LogP contribution in [-0.2, 0) is 6.54 Å². The third-order valence-corrected chi connectivity index (χ3v) is 2.61. The van der Waals surface area contributed by atoms with E-state index in [9.17, 15) is 4.79 Å². The van der Waals surface area contributed by atoms with E-state index in [1.165, 1.54) is 0 Å². The van der Waals surface area contributed by atoms with Crippen LogP contribution in [0.4, 0.5) is 0 Å². The molecule has 0 aromatic carbocycles. The van der Waals surface area contributed by atoms with Crippen molar-refractivity contribution in [3.8, 4) is 0 Å². The first kappa shape index (κ1) is 11.1. The van der Waals surface area contributed by atoms with Gasteiger partial charge in [-0.2, -0.15) is 0 Å². The van der Waals surface area contributed by atoms with Crippen molar-refractivity contribution in [3.63, 3.8) is 0 Å². The smallest absolute Gasteiger partial charge is 0.328 e. The first-order chi connectivity index (χ1) is 7.49. The normalized spacial score (nSPS) is 11.5. The van der Waals surface area contributed by atoms with Crippen LogP contribution in [-0.4, -0.2) is 19.5 Å². The lowest BCUT2D eigenvalue weighted by Gasteiger charge is -2.08. The molecule has 0 fully saturated rings. The zero-order chi connectivity index (χ0) is 11.9. The number of rotatable bonds is 2. The molecule has 2 aromatic heterocycles. The highest BCUT2D eigenvalue weighted by atomic mass is 32.1. The molecule has 0 aliphatic rings. The number of hydrogen-bond acceptors (Lipinski definition) is 3. The standard InChI is InChI=1S/C10H14N4OS/c1-5(2)4-14-8-7(11-6(3)12-8)9(16)13-10(14)15/h5H,4H2,1-3H3,(H,11,12)(H,13,15,16). The molecule has 0 unspecified atom stereocenters. The summed E-state index contributed by atoms with van der Waals surface area (Å²) in [7, 11) is 0. The molecule has 0 radical (unpaired) electrons. The third kappa shape index (κ3) is 1.80. The van der Waals surface area contributed by atoms with E-state index in [2.05, 4.69) is 28.8 Å². The second kappa shape index (κ2) is 3.86. The first-order valence-corrected chi connectivity index (χ1v) is 5.59. The summed E-state index contributed by atoms with van der Waals surface area (Å²) in [5.41, 5.74) is 1.17. The minimum Gasteiger partial charge on any atom is -0.338 e. The Balaban J connectivity index is 2.81. The molecule has 5 nitrogen and oxygen atoms in total. The van der Waals surface area contributed by atoms with Gasteiger partial charge >= 0.3 is 5.69 Å². The van der Waals surface area contributed by atoms with Crippen molar-refractivity contribution >= 4 is 23.4 Å². The summed E-state index contributed by atoms with van der Waals surface area (Å²) in [6.45, 7) is 6.59. The Kier molecular flexibility index (Phi) is 2.67. The molecule has 0 aliphatic heterocycles. The molecule has 0 amide bonds. The van der Waals surface area contributed by atoms with Crippen LogP contribution in [0.2, 0.25) is 0 Å². The molecule has 0 aliphatic carbocycles. The summed E-state index contributed by atoms with van der Waals surface area (Å²) in [5, 5.41) is 0. The van der Waals surface area contributed by atoms with Crippen molar-refractivity contribution in [2.45, 2.75) is 27.3 Å². The Morgan fingerprint density at radius 3 is 2.75 bits per heavy atom. The number of aromatic nitrogens is 4. The van der Waals surface area contributed by atoms with Gasteiger partial charge in [0, 0.05) is 6.54 Å². The third-order valence-electron chi connectivity index (χ3n) is 2.30. The van der Waals surface area contributed by atoms with Crippen molar-refractivity contribution in [2.75, 3.05) is 0 Å². The Bertz CT molecular complexity index is 634. The lowest BCUT2D eigenvalue weighted by molar-refractivity contribution is 0.514. The van der Waals surface area contributed by atoms with E-state index >= 15 is 0 Å². The van der Waals surface area contributed by atoms with Gasteiger partial charge in [0.05, 0.1) is 0 Å². The number of nitrogens with zero attached hydrogens (tertiary/aromatic N) is 2. The van der Waals surface area contributed by atoms with Crippen LogP contribution in [0.15, 0.2) is 4.79 Å². The molecule has 0 saturated carbocycles. The van der Waals surface area contributed by atoms with Gasteiger partial charge in [-0.25, -0.2) is 9.78 Å². The average Bonchev–Trinajstić information content (AvgIpc) is 2.54. The fourth-order valence-electron chi connectivity index (χ4n) is 1.69. The second-order valence-electron chi connectivity index (χ2n) is 4.28. The number of H-pyrrole nitrogens is 2. The van der Waals surface area contributed by atoms with Crippen molar-refractivity contribution in [3.05, 3.63) is 20.9 Å². The lowest BCUT2D eigenvalue weighted by atomic mass is 10.2. The molecule has 0 spiro atoms. The molecule has 0 atom stereocenters. The van der Waals surface area contributed by atoms with Gasteiger partial charge in [-0.15, -0.1) is 0 Å². The maximum Gasteiger partial charge on any atom is 0.328 e. The minimum absolute atomic E-state index is 0.197. The van der Waals surface area contributed by atoms with Crippen molar-refractivity contribution in [1.82, 2.24) is 19.5 Å². The monoisotopic (exact) mass is 238 g/mol. The molecule has 2 aromatic rings. The number of imidazole rings is 1. The zero-order valence-corrected chi connectivity index (χ0v) is 10.3. The van der Waals surface area contributed by atoms with Crippen LogP contribution in [0, 0.1) is 17.5 Å². The topological polar surface area (TPSA) is 66.5 Å². The van der Waals surface area contributed by atoms with E-state index in [0.29, 0.717) is 22.8 Å². The summed E-state index contributed by atoms with van der Waals surface area (Å²) in [6, 6.07) is 0. The van der Waals surface area contributed by atoms with Crippen LogP contribution in [0.25, 0.3) is 11.2 Å². The van der Waals surface area contributed by atoms with Gasteiger partial charge < -0.3 is 4.98 Å². The molecular formula is C10H14N4OS. The highest BCUT2D eigenvalue weighted by Crippen LogP contribution is 2.10. The van der Waals surface area contributed by atoms with Gasteiger partial charge in [0.2, 0.25) is 0 Å². The molecule has 2 N–H and O–H groups in total. The molecule has 16 heavy (non-hydrogen) atoms. The summed E-state index contributed by atoms with van der Waals surface area (Å²) in [6.07, 6.45) is 0. The second-order valence-corrected chi connectivity index (χ2v) is 4.69.